The second-order valence-corrected chi connectivity index (χ2v) is 7.81. The van der Waals surface area contributed by atoms with Crippen molar-refractivity contribution >= 4 is 44.9 Å². The standard InChI is InChI=1S/C25H16BNO/c1-15-14-22-24-25-23(15)16-8-2-5-11-19(16)27(25)20-12-6-3-9-17(20)26(24)18-10-4-7-13-21(18)28-22/h2-14H,1H3. The van der Waals surface area contributed by atoms with Crippen molar-refractivity contribution in [2.45, 2.75) is 6.92 Å². The highest BCUT2D eigenvalue weighted by atomic mass is 16.5. The highest BCUT2D eigenvalue weighted by Crippen LogP contribution is 2.39. The van der Waals surface area contributed by atoms with E-state index < -0.39 is 0 Å². The van der Waals surface area contributed by atoms with Crippen LogP contribution < -0.4 is 21.1 Å². The molecule has 0 unspecified atom stereocenters. The topological polar surface area (TPSA) is 14.2 Å². The molecule has 130 valence electrons. The van der Waals surface area contributed by atoms with Crippen molar-refractivity contribution in [3.8, 4) is 17.2 Å². The van der Waals surface area contributed by atoms with Crippen molar-refractivity contribution in [2.75, 3.05) is 0 Å². The van der Waals surface area contributed by atoms with Gasteiger partial charge in [0.25, 0.3) is 6.71 Å². The molecule has 5 aromatic rings. The maximum atomic E-state index is 6.42. The Labute approximate surface area is 163 Å². The third kappa shape index (κ3) is 1.57. The monoisotopic (exact) mass is 357 g/mol. The molecule has 0 radical (unpaired) electrons. The minimum Gasteiger partial charge on any atom is -0.458 e. The largest absolute Gasteiger partial charge is 0.458 e. The normalized spacial score (nSPS) is 13.4. The summed E-state index contributed by atoms with van der Waals surface area (Å²) in [5.74, 6) is 1.96. The van der Waals surface area contributed by atoms with Gasteiger partial charge in [-0.15, -0.1) is 0 Å². The summed E-state index contributed by atoms with van der Waals surface area (Å²) in [6, 6.07) is 28.3. The van der Waals surface area contributed by atoms with Crippen molar-refractivity contribution in [1.29, 1.82) is 0 Å². The average Bonchev–Trinajstić information content (AvgIpc) is 3.09. The molecule has 28 heavy (non-hydrogen) atoms. The lowest BCUT2D eigenvalue weighted by Crippen LogP contribution is -2.58. The van der Waals surface area contributed by atoms with Crippen LogP contribution in [0.4, 0.5) is 0 Å². The molecule has 2 aliphatic heterocycles. The van der Waals surface area contributed by atoms with Crippen LogP contribution in [-0.2, 0) is 0 Å². The minimum absolute atomic E-state index is 0.205. The molecule has 0 amide bonds. The zero-order valence-electron chi connectivity index (χ0n) is 15.4. The number of nitrogens with zero attached hydrogens (tertiary/aromatic N) is 1. The molecule has 0 N–H and O–H groups in total. The van der Waals surface area contributed by atoms with Crippen molar-refractivity contribution in [3.05, 3.63) is 84.4 Å². The Bertz CT molecular complexity index is 1460. The molecule has 0 bridgehead atoms. The van der Waals surface area contributed by atoms with Gasteiger partial charge in [-0.05, 0) is 53.1 Å². The number of hydrogen-bond acceptors (Lipinski definition) is 1. The molecule has 0 atom stereocenters. The van der Waals surface area contributed by atoms with Crippen LogP contribution in [0.5, 0.6) is 11.5 Å². The van der Waals surface area contributed by atoms with E-state index in [1.807, 2.05) is 0 Å². The van der Waals surface area contributed by atoms with Gasteiger partial charge in [-0.1, -0.05) is 54.6 Å². The third-order valence-electron chi connectivity index (χ3n) is 6.36. The fourth-order valence-electron chi connectivity index (χ4n) is 5.32. The molecule has 3 heteroatoms. The first-order valence-corrected chi connectivity index (χ1v) is 9.75. The van der Waals surface area contributed by atoms with E-state index in [0.717, 1.165) is 11.5 Å². The molecule has 4 aromatic carbocycles. The zero-order valence-corrected chi connectivity index (χ0v) is 15.4. The summed E-state index contributed by atoms with van der Waals surface area (Å²) in [4.78, 5) is 0. The SMILES string of the molecule is Cc1cc2c3c4c1c1ccccc1n4-c1ccccc1B3c1ccccc1O2. The Kier molecular flexibility index (Phi) is 2.54. The quantitative estimate of drug-likeness (QED) is 0.374. The Balaban J connectivity index is 1.79. The fraction of sp³-hybridized carbons (Fsp3) is 0.0400. The van der Waals surface area contributed by atoms with Crippen molar-refractivity contribution in [2.24, 2.45) is 0 Å². The lowest BCUT2D eigenvalue weighted by molar-refractivity contribution is 0.487. The van der Waals surface area contributed by atoms with E-state index in [4.69, 9.17) is 4.74 Å². The summed E-state index contributed by atoms with van der Waals surface area (Å²) in [5, 5.41) is 2.66. The Morgan fingerprint density at radius 3 is 2.46 bits per heavy atom. The molecule has 0 fully saturated rings. The molecule has 2 nitrogen and oxygen atoms in total. The molecule has 2 aliphatic rings. The van der Waals surface area contributed by atoms with Crippen LogP contribution in [0.25, 0.3) is 27.5 Å². The second kappa shape index (κ2) is 4.88. The molecule has 7 rings (SSSR count). The van der Waals surface area contributed by atoms with Crippen molar-refractivity contribution in [3.63, 3.8) is 0 Å². The minimum atomic E-state index is 0.205. The lowest BCUT2D eigenvalue weighted by atomic mass is 9.34. The summed E-state index contributed by atoms with van der Waals surface area (Å²) >= 11 is 0. The Morgan fingerprint density at radius 1 is 0.786 bits per heavy atom. The van der Waals surface area contributed by atoms with Crippen LogP contribution >= 0.6 is 0 Å². The van der Waals surface area contributed by atoms with Gasteiger partial charge in [0.2, 0.25) is 0 Å². The molecule has 0 aliphatic carbocycles. The summed E-state index contributed by atoms with van der Waals surface area (Å²) < 4.78 is 8.87. The number of benzene rings is 4. The highest BCUT2D eigenvalue weighted by Gasteiger charge is 2.40. The molecule has 0 saturated heterocycles. The highest BCUT2D eigenvalue weighted by molar-refractivity contribution is 6.99. The number of hydrogen-bond donors (Lipinski definition) is 0. The Morgan fingerprint density at radius 2 is 1.54 bits per heavy atom. The van der Waals surface area contributed by atoms with E-state index in [1.54, 1.807) is 0 Å². The first kappa shape index (κ1) is 14.6. The van der Waals surface area contributed by atoms with E-state index >= 15 is 0 Å². The van der Waals surface area contributed by atoms with Gasteiger partial charge in [0.1, 0.15) is 11.5 Å². The Hall–Kier alpha value is -3.46. The maximum Gasteiger partial charge on any atom is 0.256 e. The van der Waals surface area contributed by atoms with Gasteiger partial charge in [-0.3, -0.25) is 0 Å². The molecule has 1 aromatic heterocycles. The molecule has 3 heterocycles. The average molecular weight is 357 g/mol. The summed E-state index contributed by atoms with van der Waals surface area (Å²) in [7, 11) is 0. The van der Waals surface area contributed by atoms with E-state index in [2.05, 4.69) is 90.4 Å². The van der Waals surface area contributed by atoms with E-state index in [1.165, 1.54) is 49.4 Å². The molecular weight excluding hydrogens is 341 g/mol. The van der Waals surface area contributed by atoms with Gasteiger partial charge in [-0.2, -0.15) is 0 Å². The number of aryl methyl sites for hydroxylation is 1. The first-order valence-electron chi connectivity index (χ1n) is 9.75. The van der Waals surface area contributed by atoms with Gasteiger partial charge in [0, 0.05) is 16.5 Å². The van der Waals surface area contributed by atoms with Crippen LogP contribution in [0.2, 0.25) is 0 Å². The third-order valence-corrected chi connectivity index (χ3v) is 6.36. The van der Waals surface area contributed by atoms with Gasteiger partial charge < -0.3 is 9.30 Å². The molecule has 0 spiro atoms. The number of ether oxygens (including phenoxy) is 1. The van der Waals surface area contributed by atoms with Gasteiger partial charge in [-0.25, -0.2) is 0 Å². The van der Waals surface area contributed by atoms with E-state index in [0.29, 0.717) is 0 Å². The fourth-order valence-corrected chi connectivity index (χ4v) is 5.32. The van der Waals surface area contributed by atoms with Crippen LogP contribution in [0.3, 0.4) is 0 Å². The number of aromatic nitrogens is 1. The van der Waals surface area contributed by atoms with Crippen LogP contribution in [0.15, 0.2) is 78.9 Å². The second-order valence-electron chi connectivity index (χ2n) is 7.81. The maximum absolute atomic E-state index is 6.42. The van der Waals surface area contributed by atoms with Crippen molar-refractivity contribution in [1.82, 2.24) is 4.57 Å². The molecular formula is C25H16BNO. The van der Waals surface area contributed by atoms with Gasteiger partial charge in [0.05, 0.1) is 11.0 Å². The number of fused-ring (bicyclic) bond motifs is 8. The van der Waals surface area contributed by atoms with E-state index in [9.17, 15) is 0 Å². The first-order chi connectivity index (χ1) is 13.8. The van der Waals surface area contributed by atoms with Gasteiger partial charge >= 0.3 is 0 Å². The summed E-state index contributed by atoms with van der Waals surface area (Å²) in [6.07, 6.45) is 0. The van der Waals surface area contributed by atoms with E-state index in [-0.39, 0.29) is 6.71 Å². The smallest absolute Gasteiger partial charge is 0.256 e. The summed E-state index contributed by atoms with van der Waals surface area (Å²) in [6.45, 7) is 2.40. The number of rotatable bonds is 0. The lowest BCUT2D eigenvalue weighted by Gasteiger charge is -2.33. The predicted octanol–water partition coefficient (Wildman–Crippen LogP) is 4.03. The van der Waals surface area contributed by atoms with Gasteiger partial charge in [0.15, 0.2) is 0 Å². The summed E-state index contributed by atoms with van der Waals surface area (Å²) in [5.41, 5.74) is 9.01. The predicted molar refractivity (Wildman–Crippen MR) is 117 cm³/mol. The number of para-hydroxylation sites is 3. The van der Waals surface area contributed by atoms with Crippen LogP contribution in [0, 0.1) is 6.92 Å². The van der Waals surface area contributed by atoms with Crippen LogP contribution in [-0.4, -0.2) is 11.3 Å². The zero-order chi connectivity index (χ0) is 18.4. The molecule has 0 saturated carbocycles. The van der Waals surface area contributed by atoms with Crippen molar-refractivity contribution < 1.29 is 4.74 Å². The van der Waals surface area contributed by atoms with Crippen LogP contribution in [0.1, 0.15) is 5.56 Å².